The Hall–Kier alpha value is -7.75. The van der Waals surface area contributed by atoms with E-state index in [-0.39, 0.29) is 24.2 Å². The number of carboxylic acids is 1. The van der Waals surface area contributed by atoms with Crippen LogP contribution < -0.4 is 24.4 Å². The molecule has 3 N–H and O–H groups in total. The van der Waals surface area contributed by atoms with Crippen molar-refractivity contribution >= 4 is 108 Å². The Labute approximate surface area is 462 Å². The summed E-state index contributed by atoms with van der Waals surface area (Å²) in [5, 5.41) is 11.6. The fourth-order valence-corrected chi connectivity index (χ4v) is 9.09. The molecule has 0 spiro atoms. The number of benzene rings is 4. The highest BCUT2D eigenvalue weighted by Crippen LogP contribution is 2.38. The molecule has 1 atom stereocenters. The van der Waals surface area contributed by atoms with Crippen molar-refractivity contribution in [1.29, 1.82) is 0 Å². The van der Waals surface area contributed by atoms with Crippen molar-refractivity contribution in [3.8, 4) is 22.8 Å². The Balaban J connectivity index is 0.000000182. The van der Waals surface area contributed by atoms with Crippen molar-refractivity contribution < 1.29 is 54.5 Å². The zero-order chi connectivity index (χ0) is 56.8. The van der Waals surface area contributed by atoms with Gasteiger partial charge in [0.25, 0.3) is 10.0 Å². The van der Waals surface area contributed by atoms with Gasteiger partial charge in [0.15, 0.2) is 11.0 Å². The average Bonchev–Trinajstić information content (AvgIpc) is 3.86. The summed E-state index contributed by atoms with van der Waals surface area (Å²) in [4.78, 5) is 39.9. The van der Waals surface area contributed by atoms with Crippen molar-refractivity contribution in [2.75, 3.05) is 22.9 Å². The van der Waals surface area contributed by atoms with E-state index in [4.69, 9.17) is 76.6 Å². The van der Waals surface area contributed by atoms with Crippen LogP contribution in [0.2, 0.25) is 15.2 Å². The third kappa shape index (κ3) is 15.7. The number of alkyl halides is 3. The number of aliphatic carboxylic acids is 1. The van der Waals surface area contributed by atoms with Crippen LogP contribution in [0.3, 0.4) is 0 Å². The van der Waals surface area contributed by atoms with Gasteiger partial charge in [-0.05, 0) is 123 Å². The first kappa shape index (κ1) is 59.5. The van der Waals surface area contributed by atoms with Crippen molar-refractivity contribution in [2.45, 2.75) is 54.9 Å². The number of carboxylic acid groups (broad SMARTS) is 1. The Kier molecular flexibility index (Phi) is 19.9. The van der Waals surface area contributed by atoms with Gasteiger partial charge in [-0.15, -0.1) is 0 Å². The van der Waals surface area contributed by atoms with Crippen molar-refractivity contribution in [3.63, 3.8) is 0 Å². The van der Waals surface area contributed by atoms with Gasteiger partial charge in [-0.1, -0.05) is 46.9 Å². The number of nitrogens with zero attached hydrogens (tertiary/aromatic N) is 8. The number of nitrogens with one attached hydrogen (secondary N) is 2. The van der Waals surface area contributed by atoms with Crippen molar-refractivity contribution in [1.82, 2.24) is 29.9 Å². The second kappa shape index (κ2) is 26.1. The molecule has 1 aliphatic rings. The van der Waals surface area contributed by atoms with Gasteiger partial charge in [-0.2, -0.15) is 13.2 Å². The van der Waals surface area contributed by atoms with Crippen LogP contribution in [0.5, 0.6) is 11.5 Å². The summed E-state index contributed by atoms with van der Waals surface area (Å²) < 4.78 is 97.2. The molecule has 8 aromatic rings. The molecule has 28 heteroatoms. The lowest BCUT2D eigenvalue weighted by atomic mass is 9.78. The Morgan fingerprint density at radius 3 is 1.87 bits per heavy atom. The number of rotatable bonds is 12. The zero-order valence-corrected chi connectivity index (χ0v) is 45.0. The lowest BCUT2D eigenvalue weighted by Crippen LogP contribution is -2.41. The van der Waals surface area contributed by atoms with Gasteiger partial charge in [0, 0.05) is 56.6 Å². The fourth-order valence-electron chi connectivity index (χ4n) is 6.64. The van der Waals surface area contributed by atoms with Gasteiger partial charge in [0.05, 0.1) is 26.7 Å². The van der Waals surface area contributed by atoms with E-state index in [1.807, 2.05) is 58.0 Å². The molecule has 1 unspecified atom stereocenters. The van der Waals surface area contributed by atoms with E-state index in [1.165, 1.54) is 43.2 Å². The molecule has 0 saturated carbocycles. The first-order valence-electron chi connectivity index (χ1n) is 22.3. The maximum absolute atomic E-state index is 12.7. The van der Waals surface area contributed by atoms with Crippen LogP contribution in [0.1, 0.15) is 27.7 Å². The molecule has 1 aliphatic heterocycles. The smallest absolute Gasteiger partial charge is 0.475 e. The monoisotopic (exact) mass is 1160 g/mol. The molecule has 0 radical (unpaired) electrons. The molecular formula is C50H41BCl3F3N10O9S2. The molecule has 5 heterocycles. The van der Waals surface area contributed by atoms with Crippen LogP contribution in [0.25, 0.3) is 42.5 Å². The fraction of sp³-hybridized carbons (Fsp3) is 0.180. The second-order valence-corrected chi connectivity index (χ2v) is 20.9. The first-order chi connectivity index (χ1) is 36.9. The number of sulfonamides is 1. The van der Waals surface area contributed by atoms with E-state index in [0.717, 1.165) is 21.8 Å². The van der Waals surface area contributed by atoms with Gasteiger partial charge < -0.3 is 23.9 Å². The van der Waals surface area contributed by atoms with E-state index >= 15 is 0 Å². The second-order valence-electron chi connectivity index (χ2n) is 16.8. The number of fused-ring (bicyclic) bond motifs is 2. The van der Waals surface area contributed by atoms with E-state index in [9.17, 15) is 25.8 Å². The number of ether oxygens (including phenoxy) is 2. The Morgan fingerprint density at radius 2 is 1.28 bits per heavy atom. The summed E-state index contributed by atoms with van der Waals surface area (Å²) in [6, 6.07) is 27.2. The Bertz CT molecular complexity index is 3650. The van der Waals surface area contributed by atoms with Gasteiger partial charge in [0.2, 0.25) is 0 Å². The van der Waals surface area contributed by atoms with Crippen LogP contribution in [-0.4, -0.2) is 91.6 Å². The normalized spacial score (nSPS) is 13.6. The quantitative estimate of drug-likeness (QED) is 0.0586. The zero-order valence-electron chi connectivity index (χ0n) is 41.1. The minimum Gasteiger partial charge on any atom is -0.475 e. The molecule has 402 valence electrons. The molecule has 9 rings (SSSR count). The van der Waals surface area contributed by atoms with Gasteiger partial charge in [0.1, 0.15) is 40.9 Å². The molecule has 0 amide bonds. The highest BCUT2D eigenvalue weighted by molar-refractivity contribution is 7.92. The van der Waals surface area contributed by atoms with Crippen LogP contribution >= 0.6 is 34.8 Å². The number of halogens is 6. The molecule has 0 aliphatic carbocycles. The molecule has 19 nitrogen and oxygen atoms in total. The predicted molar refractivity (Wildman–Crippen MR) is 289 cm³/mol. The van der Waals surface area contributed by atoms with Crippen LogP contribution in [-0.2, 0) is 35.1 Å². The van der Waals surface area contributed by atoms with E-state index < -0.39 is 51.5 Å². The van der Waals surface area contributed by atoms with Crippen LogP contribution in [0.4, 0.5) is 24.8 Å². The maximum Gasteiger partial charge on any atom is 0.498 e. The average molecular weight is 1160 g/mol. The summed E-state index contributed by atoms with van der Waals surface area (Å²) in [5.74, 6) is -1.07. The third-order valence-corrected chi connectivity index (χ3v) is 14.2. The van der Waals surface area contributed by atoms with Gasteiger partial charge >= 0.3 is 32.7 Å². The number of aromatic nitrogens is 6. The van der Waals surface area contributed by atoms with Gasteiger partial charge in [-0.3, -0.25) is 24.1 Å². The topological polar surface area (TPSA) is 236 Å². The lowest BCUT2D eigenvalue weighted by Gasteiger charge is -2.32. The number of pyridine rings is 2. The molecule has 4 aromatic carbocycles. The number of carbonyl (C=O) groups is 1. The summed E-state index contributed by atoms with van der Waals surface area (Å²) in [7, 11) is -5.74. The standard InChI is InChI=1S/C21H14ClN5O2S.C14H17BClNO3.C13H9ClN4O2S.C2HF3O2/c1-23-13-29-19-11-15(22)2-4-18(19)21-17-5-3-16(10-14(17)6-9-25-21)30(28)27-20-7-8-24-12-26-20;1-13(2)14(3,4)20-15(19-13)11-7-6-10(16)8-12(11)18-9-17-5;14-13-11-2-1-10(7-9(11)3-6-16-13)21(19,20)18-12-4-5-15-8-17-12;3-2(4,5)1(6)7/h2-12H,13H2,(H,24,26,27);6-8H,9H2,1-4H3;1-8H,(H,15,17,18);(H,6,7). The minimum atomic E-state index is -5.08. The molecule has 4 aromatic heterocycles. The lowest BCUT2D eigenvalue weighted by molar-refractivity contribution is -0.192. The summed E-state index contributed by atoms with van der Waals surface area (Å²) in [6.45, 7) is 21.6. The Morgan fingerprint density at radius 1 is 0.731 bits per heavy atom. The van der Waals surface area contributed by atoms with Crippen LogP contribution in [0, 0.1) is 13.1 Å². The maximum atomic E-state index is 12.7. The first-order valence-corrected chi connectivity index (χ1v) is 26.0. The minimum absolute atomic E-state index is 0.0627. The van der Waals surface area contributed by atoms with Crippen LogP contribution in [0.15, 0.2) is 144 Å². The molecule has 1 saturated heterocycles. The highest BCUT2D eigenvalue weighted by atomic mass is 35.5. The van der Waals surface area contributed by atoms with E-state index in [2.05, 4.69) is 49.0 Å². The highest BCUT2D eigenvalue weighted by Gasteiger charge is 2.52. The number of hydrogen-bond donors (Lipinski definition) is 3. The number of hydrogen-bond acceptors (Lipinski definition) is 14. The molecule has 78 heavy (non-hydrogen) atoms. The van der Waals surface area contributed by atoms with Crippen molar-refractivity contribution in [3.05, 3.63) is 173 Å². The predicted octanol–water partition coefficient (Wildman–Crippen LogP) is 10.7. The van der Waals surface area contributed by atoms with Gasteiger partial charge in [-0.25, -0.2) is 55.5 Å². The summed E-state index contributed by atoms with van der Waals surface area (Å²) in [6.07, 6.45) is 3.80. The summed E-state index contributed by atoms with van der Waals surface area (Å²) >= 11 is 18.0. The third-order valence-electron chi connectivity index (χ3n) is 11.0. The SMILES string of the molecule is O=C(O)C(F)(F)F.O=S(=O)(Nc1ccncn1)c1ccc2c(Cl)nccc2c1.[C-]#[N+]COc1cc(Cl)ccc1-c1nccc2cc(S(=O)Nc3ccncn3)ccc12.[C-]#[N+]COc1cc(Cl)ccc1B1OC(C)(C)C(C)(C)O1. The molecular weight excluding hydrogens is 1120 g/mol. The number of anilines is 2. The largest absolute Gasteiger partial charge is 0.498 e. The van der Waals surface area contributed by atoms with Crippen molar-refractivity contribution in [2.24, 2.45) is 0 Å². The van der Waals surface area contributed by atoms with E-state index in [1.54, 1.807) is 60.9 Å². The van der Waals surface area contributed by atoms with E-state index in [0.29, 0.717) is 53.9 Å². The summed E-state index contributed by atoms with van der Waals surface area (Å²) in [5.41, 5.74) is 1.31. The molecule has 0 bridgehead atoms. The molecule has 1 fully saturated rings.